The molecule has 0 radical (unpaired) electrons. The van der Waals surface area contributed by atoms with Gasteiger partial charge in [0, 0.05) is 6.07 Å². The third kappa shape index (κ3) is 3.12. The molecule has 0 unspecified atom stereocenters. The molecule has 1 saturated heterocycles. The van der Waals surface area contributed by atoms with E-state index < -0.39 is 42.2 Å². The average Bonchev–Trinajstić information content (AvgIpc) is 2.48. The summed E-state index contributed by atoms with van der Waals surface area (Å²) in [7, 11) is 0. The van der Waals surface area contributed by atoms with E-state index in [0.717, 1.165) is 0 Å². The number of para-hydroxylation sites is 2. The van der Waals surface area contributed by atoms with Crippen molar-refractivity contribution in [3.8, 4) is 5.75 Å². The maximum Gasteiger partial charge on any atom is 0.311 e. The molecule has 1 aromatic rings. The summed E-state index contributed by atoms with van der Waals surface area (Å²) in [5.41, 5.74) is -0.338. The molecule has 1 aromatic carbocycles. The van der Waals surface area contributed by atoms with Crippen LogP contribution in [0.3, 0.4) is 0 Å². The summed E-state index contributed by atoms with van der Waals surface area (Å²) in [6, 6.07) is 5.45. The minimum absolute atomic E-state index is 0.160. The molecule has 9 nitrogen and oxygen atoms in total. The van der Waals surface area contributed by atoms with Crippen LogP contribution in [0.15, 0.2) is 24.3 Å². The van der Waals surface area contributed by atoms with Gasteiger partial charge in [-0.2, -0.15) is 0 Å². The molecule has 5 atom stereocenters. The topological polar surface area (TPSA) is 143 Å². The first kappa shape index (κ1) is 15.6. The quantitative estimate of drug-likeness (QED) is 0.400. The number of ether oxygens (including phenoxy) is 2. The van der Waals surface area contributed by atoms with Crippen LogP contribution < -0.4 is 4.74 Å². The lowest BCUT2D eigenvalue weighted by atomic mass is 9.99. The summed E-state index contributed by atoms with van der Waals surface area (Å²) >= 11 is 0. The van der Waals surface area contributed by atoms with E-state index in [9.17, 15) is 25.4 Å². The van der Waals surface area contributed by atoms with Crippen LogP contribution in [0.5, 0.6) is 5.75 Å². The molecule has 0 aliphatic carbocycles. The van der Waals surface area contributed by atoms with Crippen LogP contribution in [0.4, 0.5) is 5.69 Å². The Kier molecular flexibility index (Phi) is 4.70. The van der Waals surface area contributed by atoms with E-state index in [2.05, 4.69) is 0 Å². The standard InChI is InChI=1S/C12H15NO8/c14-5-8-9(15)10(16)11(17)12(21-8)20-7-4-2-1-3-6(7)13(18)19/h1-4,8-12,14-17H,5H2/t8-,9+,10-,11+,12-/m1/s1. The number of benzene rings is 1. The fourth-order valence-electron chi connectivity index (χ4n) is 2.00. The van der Waals surface area contributed by atoms with Crippen molar-refractivity contribution in [1.29, 1.82) is 0 Å². The van der Waals surface area contributed by atoms with Gasteiger partial charge in [0.05, 0.1) is 11.5 Å². The molecular formula is C12H15NO8. The smallest absolute Gasteiger partial charge is 0.311 e. The number of nitro benzene ring substituents is 1. The van der Waals surface area contributed by atoms with Gasteiger partial charge in [-0.25, -0.2) is 0 Å². The Hall–Kier alpha value is -1.78. The van der Waals surface area contributed by atoms with Gasteiger partial charge in [-0.1, -0.05) is 12.1 Å². The minimum Gasteiger partial charge on any atom is -0.455 e. The van der Waals surface area contributed by atoms with Crippen molar-refractivity contribution in [1.82, 2.24) is 0 Å². The number of rotatable bonds is 4. The van der Waals surface area contributed by atoms with E-state index in [0.29, 0.717) is 0 Å². The van der Waals surface area contributed by atoms with Crippen molar-refractivity contribution < 1.29 is 34.8 Å². The van der Waals surface area contributed by atoms with Gasteiger partial charge in [0.1, 0.15) is 24.4 Å². The first-order chi connectivity index (χ1) is 9.95. The molecular weight excluding hydrogens is 286 g/mol. The van der Waals surface area contributed by atoms with Gasteiger partial charge >= 0.3 is 5.69 Å². The molecule has 1 aliphatic heterocycles. The van der Waals surface area contributed by atoms with Crippen LogP contribution in [0.2, 0.25) is 0 Å². The Bertz CT molecular complexity index is 508. The van der Waals surface area contributed by atoms with Crippen molar-refractivity contribution in [2.75, 3.05) is 6.61 Å². The van der Waals surface area contributed by atoms with E-state index in [-0.39, 0.29) is 11.4 Å². The Morgan fingerprint density at radius 1 is 1.19 bits per heavy atom. The normalized spacial score (nSPS) is 32.7. The van der Waals surface area contributed by atoms with Crippen molar-refractivity contribution in [2.24, 2.45) is 0 Å². The second kappa shape index (κ2) is 6.33. The minimum atomic E-state index is -1.62. The molecule has 9 heteroatoms. The van der Waals surface area contributed by atoms with E-state index in [1.54, 1.807) is 0 Å². The third-order valence-electron chi connectivity index (χ3n) is 3.15. The maximum atomic E-state index is 10.9. The average molecular weight is 301 g/mol. The van der Waals surface area contributed by atoms with Crippen LogP contribution in [0.25, 0.3) is 0 Å². The van der Waals surface area contributed by atoms with Gasteiger partial charge in [-0.15, -0.1) is 0 Å². The number of aliphatic hydroxyl groups excluding tert-OH is 4. The molecule has 1 heterocycles. The monoisotopic (exact) mass is 301 g/mol. The largest absolute Gasteiger partial charge is 0.455 e. The molecule has 0 spiro atoms. The van der Waals surface area contributed by atoms with E-state index in [1.165, 1.54) is 24.3 Å². The van der Waals surface area contributed by atoms with Gasteiger partial charge < -0.3 is 29.9 Å². The molecule has 1 aliphatic rings. The van der Waals surface area contributed by atoms with Gasteiger partial charge in [0.2, 0.25) is 6.29 Å². The number of aliphatic hydroxyl groups is 4. The summed E-state index contributed by atoms with van der Waals surface area (Å²) in [5, 5.41) is 49.0. The van der Waals surface area contributed by atoms with Crippen molar-refractivity contribution in [2.45, 2.75) is 30.7 Å². The van der Waals surface area contributed by atoms with Crippen LogP contribution in [0.1, 0.15) is 0 Å². The van der Waals surface area contributed by atoms with Crippen LogP contribution in [-0.4, -0.2) is 62.7 Å². The Balaban J connectivity index is 2.20. The Morgan fingerprint density at radius 2 is 1.86 bits per heavy atom. The van der Waals surface area contributed by atoms with Gasteiger partial charge in [0.25, 0.3) is 0 Å². The first-order valence-corrected chi connectivity index (χ1v) is 6.16. The van der Waals surface area contributed by atoms with E-state index >= 15 is 0 Å². The molecule has 0 bridgehead atoms. The van der Waals surface area contributed by atoms with Crippen LogP contribution in [-0.2, 0) is 4.74 Å². The molecule has 21 heavy (non-hydrogen) atoms. The second-order valence-electron chi connectivity index (χ2n) is 4.54. The summed E-state index contributed by atoms with van der Waals surface area (Å²) in [5.74, 6) is -0.160. The van der Waals surface area contributed by atoms with Gasteiger partial charge in [-0.3, -0.25) is 10.1 Å². The summed E-state index contributed by atoms with van der Waals surface area (Å²) in [6.45, 7) is -0.609. The zero-order valence-electron chi connectivity index (χ0n) is 10.8. The third-order valence-corrected chi connectivity index (χ3v) is 3.15. The van der Waals surface area contributed by atoms with Crippen molar-refractivity contribution >= 4 is 5.69 Å². The highest BCUT2D eigenvalue weighted by Gasteiger charge is 2.45. The summed E-state index contributed by atoms with van der Waals surface area (Å²) in [6.07, 6.45) is -7.35. The molecule has 2 rings (SSSR count). The number of hydrogen-bond acceptors (Lipinski definition) is 8. The number of hydrogen-bond donors (Lipinski definition) is 4. The van der Waals surface area contributed by atoms with Crippen molar-refractivity contribution in [3.05, 3.63) is 34.4 Å². The predicted octanol–water partition coefficient (Wildman–Crippen LogP) is -1.23. The van der Waals surface area contributed by atoms with Gasteiger partial charge in [-0.05, 0) is 6.07 Å². The molecule has 4 N–H and O–H groups in total. The van der Waals surface area contributed by atoms with E-state index in [4.69, 9.17) is 14.6 Å². The molecule has 0 aromatic heterocycles. The lowest BCUT2D eigenvalue weighted by molar-refractivity contribution is -0.387. The van der Waals surface area contributed by atoms with Gasteiger partial charge in [0.15, 0.2) is 5.75 Å². The van der Waals surface area contributed by atoms with Crippen LogP contribution >= 0.6 is 0 Å². The maximum absolute atomic E-state index is 10.9. The van der Waals surface area contributed by atoms with Crippen LogP contribution in [0, 0.1) is 10.1 Å². The fourth-order valence-corrected chi connectivity index (χ4v) is 2.00. The van der Waals surface area contributed by atoms with Crippen molar-refractivity contribution in [3.63, 3.8) is 0 Å². The Labute approximate surface area is 119 Å². The lowest BCUT2D eigenvalue weighted by Crippen LogP contribution is -2.60. The molecule has 1 fully saturated rings. The number of nitrogens with zero attached hydrogens (tertiary/aromatic N) is 1. The summed E-state index contributed by atoms with van der Waals surface area (Å²) in [4.78, 5) is 10.2. The zero-order chi connectivity index (χ0) is 15.6. The highest BCUT2D eigenvalue weighted by molar-refractivity contribution is 5.45. The zero-order valence-corrected chi connectivity index (χ0v) is 10.8. The fraction of sp³-hybridized carbons (Fsp3) is 0.500. The van der Waals surface area contributed by atoms with E-state index in [1.807, 2.05) is 0 Å². The Morgan fingerprint density at radius 3 is 2.48 bits per heavy atom. The number of nitro groups is 1. The molecule has 0 amide bonds. The lowest BCUT2D eigenvalue weighted by Gasteiger charge is -2.39. The predicted molar refractivity (Wildman–Crippen MR) is 67.5 cm³/mol. The summed E-state index contributed by atoms with van der Waals surface area (Å²) < 4.78 is 10.3. The first-order valence-electron chi connectivity index (χ1n) is 6.16. The molecule has 0 saturated carbocycles. The molecule has 116 valence electrons. The highest BCUT2D eigenvalue weighted by atomic mass is 16.7. The second-order valence-corrected chi connectivity index (χ2v) is 4.54. The highest BCUT2D eigenvalue weighted by Crippen LogP contribution is 2.30. The SMILES string of the molecule is O=[N+]([O-])c1ccccc1O[C@@H]1O[C@H](CO)[C@H](O)[C@@H](O)[C@@H]1O.